The van der Waals surface area contributed by atoms with Crippen molar-refractivity contribution in [2.75, 3.05) is 26.2 Å². The number of carbonyl (C=O) groups is 1. The van der Waals surface area contributed by atoms with Gasteiger partial charge in [0.1, 0.15) is 0 Å². The molecule has 0 aromatic rings. The molecule has 2 unspecified atom stereocenters. The minimum Gasteiger partial charge on any atom is -0.355 e. The van der Waals surface area contributed by atoms with Crippen LogP contribution in [0.25, 0.3) is 0 Å². The highest BCUT2D eigenvalue weighted by atomic mass is 16.1. The smallest absolute Gasteiger partial charge is 0.224 e. The van der Waals surface area contributed by atoms with E-state index in [1.165, 1.54) is 38.8 Å². The van der Waals surface area contributed by atoms with Gasteiger partial charge in [0.2, 0.25) is 5.91 Å². The highest BCUT2D eigenvalue weighted by Gasteiger charge is 2.26. The van der Waals surface area contributed by atoms with Gasteiger partial charge in [-0.1, -0.05) is 19.3 Å². The van der Waals surface area contributed by atoms with Gasteiger partial charge in [0.05, 0.1) is 5.92 Å². The molecule has 0 spiro atoms. The van der Waals surface area contributed by atoms with Gasteiger partial charge in [0, 0.05) is 19.1 Å². The molecule has 2 atom stereocenters. The van der Waals surface area contributed by atoms with Gasteiger partial charge < -0.3 is 16.0 Å². The minimum absolute atomic E-state index is 0.0473. The second kappa shape index (κ2) is 7.10. The summed E-state index contributed by atoms with van der Waals surface area (Å²) in [6, 6.07) is 0.0688. The summed E-state index contributed by atoms with van der Waals surface area (Å²) >= 11 is 0. The van der Waals surface area contributed by atoms with Crippen molar-refractivity contribution in [3.8, 4) is 0 Å². The Bertz CT molecular complexity index is 264. The van der Waals surface area contributed by atoms with E-state index in [9.17, 15) is 4.79 Å². The van der Waals surface area contributed by atoms with Crippen LogP contribution in [-0.2, 0) is 4.79 Å². The molecule has 3 N–H and O–H groups in total. The molecule has 4 heteroatoms. The van der Waals surface area contributed by atoms with E-state index in [1.807, 2.05) is 0 Å². The molecule has 1 aliphatic carbocycles. The number of carbonyl (C=O) groups excluding carboxylic acids is 1. The van der Waals surface area contributed by atoms with Crippen LogP contribution in [0, 0.1) is 5.92 Å². The molecule has 0 aromatic heterocycles. The van der Waals surface area contributed by atoms with Crippen LogP contribution in [-0.4, -0.2) is 43.0 Å². The summed E-state index contributed by atoms with van der Waals surface area (Å²) in [5.74, 6) is 0.231. The van der Waals surface area contributed by atoms with Gasteiger partial charge in [0.15, 0.2) is 0 Å². The van der Waals surface area contributed by atoms with Crippen molar-refractivity contribution in [1.29, 1.82) is 0 Å². The lowest BCUT2D eigenvalue weighted by atomic mass is 9.94. The number of rotatable bonds is 4. The van der Waals surface area contributed by atoms with Crippen LogP contribution >= 0.6 is 0 Å². The molecule has 104 valence electrons. The number of likely N-dealkylation sites (tertiary alicyclic amines) is 1. The quantitative estimate of drug-likeness (QED) is 0.738. The Balaban J connectivity index is 1.69. The fourth-order valence-electron chi connectivity index (χ4n) is 3.14. The van der Waals surface area contributed by atoms with E-state index < -0.39 is 0 Å². The lowest BCUT2D eigenvalue weighted by molar-refractivity contribution is -0.125. The molecule has 0 radical (unpaired) electrons. The lowest BCUT2D eigenvalue weighted by Crippen LogP contribution is -2.43. The van der Waals surface area contributed by atoms with Crippen molar-refractivity contribution in [3.05, 3.63) is 0 Å². The summed E-state index contributed by atoms with van der Waals surface area (Å²) in [6.45, 7) is 4.16. The van der Waals surface area contributed by atoms with Crippen molar-refractivity contribution in [2.24, 2.45) is 11.7 Å². The van der Waals surface area contributed by atoms with Gasteiger partial charge in [-0.05, 0) is 38.8 Å². The first-order chi connectivity index (χ1) is 8.77. The van der Waals surface area contributed by atoms with Gasteiger partial charge >= 0.3 is 0 Å². The fourth-order valence-corrected chi connectivity index (χ4v) is 3.14. The normalized spacial score (nSPS) is 30.1. The van der Waals surface area contributed by atoms with E-state index in [1.54, 1.807) is 0 Å². The molecule has 2 fully saturated rings. The maximum atomic E-state index is 12.1. The molecular formula is C14H27N3O. The second-order valence-corrected chi connectivity index (χ2v) is 5.75. The molecule has 1 aliphatic heterocycles. The fraction of sp³-hybridized carbons (Fsp3) is 0.929. The van der Waals surface area contributed by atoms with Crippen LogP contribution in [0.3, 0.4) is 0 Å². The molecule has 0 aromatic carbocycles. The van der Waals surface area contributed by atoms with Crippen LogP contribution in [0.5, 0.6) is 0 Å². The van der Waals surface area contributed by atoms with Crippen molar-refractivity contribution in [2.45, 2.75) is 51.0 Å². The molecule has 1 heterocycles. The van der Waals surface area contributed by atoms with Gasteiger partial charge in [-0.25, -0.2) is 0 Å². The van der Waals surface area contributed by atoms with Gasteiger partial charge in [0.25, 0.3) is 0 Å². The topological polar surface area (TPSA) is 58.4 Å². The van der Waals surface area contributed by atoms with Gasteiger partial charge in [-0.3, -0.25) is 4.79 Å². The Labute approximate surface area is 110 Å². The molecule has 2 rings (SSSR count). The molecule has 0 bridgehead atoms. The lowest BCUT2D eigenvalue weighted by Gasteiger charge is -2.21. The van der Waals surface area contributed by atoms with Gasteiger partial charge in [-0.15, -0.1) is 0 Å². The highest BCUT2D eigenvalue weighted by molar-refractivity contribution is 5.79. The molecule has 4 nitrogen and oxygen atoms in total. The van der Waals surface area contributed by atoms with E-state index in [0.29, 0.717) is 0 Å². The number of nitrogens with one attached hydrogen (secondary N) is 1. The Hall–Kier alpha value is -0.610. The summed E-state index contributed by atoms with van der Waals surface area (Å²) < 4.78 is 0. The molecule has 18 heavy (non-hydrogen) atoms. The zero-order chi connectivity index (χ0) is 12.8. The van der Waals surface area contributed by atoms with Crippen LogP contribution in [0.2, 0.25) is 0 Å². The second-order valence-electron chi connectivity index (χ2n) is 5.75. The molecule has 1 saturated carbocycles. The molecular weight excluding hydrogens is 226 g/mol. The largest absolute Gasteiger partial charge is 0.355 e. The van der Waals surface area contributed by atoms with Crippen molar-refractivity contribution >= 4 is 5.91 Å². The average molecular weight is 253 g/mol. The Morgan fingerprint density at radius 3 is 2.61 bits per heavy atom. The highest BCUT2D eigenvalue weighted by Crippen LogP contribution is 2.22. The Morgan fingerprint density at radius 1 is 1.11 bits per heavy atom. The molecule has 2 aliphatic rings. The third-order valence-electron chi connectivity index (χ3n) is 4.33. The summed E-state index contributed by atoms with van der Waals surface area (Å²) in [7, 11) is 0. The predicted molar refractivity (Wildman–Crippen MR) is 73.2 cm³/mol. The first-order valence-electron chi connectivity index (χ1n) is 7.53. The van der Waals surface area contributed by atoms with Crippen LogP contribution in [0.4, 0.5) is 0 Å². The van der Waals surface area contributed by atoms with E-state index in [-0.39, 0.29) is 17.9 Å². The summed E-state index contributed by atoms with van der Waals surface area (Å²) in [6.07, 6.45) is 8.14. The standard InChI is InChI=1S/C14H27N3O/c15-13-7-3-1-2-6-12(13)14(18)16-8-11-17-9-4-5-10-17/h12-13H,1-11,15H2,(H,16,18). The summed E-state index contributed by atoms with van der Waals surface area (Å²) in [4.78, 5) is 14.5. The Morgan fingerprint density at radius 2 is 1.83 bits per heavy atom. The number of hydrogen-bond acceptors (Lipinski definition) is 3. The monoisotopic (exact) mass is 253 g/mol. The van der Waals surface area contributed by atoms with Crippen LogP contribution < -0.4 is 11.1 Å². The Kier molecular flexibility index (Phi) is 5.45. The minimum atomic E-state index is 0.0473. The predicted octanol–water partition coefficient (Wildman–Crippen LogP) is 1.11. The first kappa shape index (κ1) is 13.8. The number of nitrogens with zero attached hydrogens (tertiary/aromatic N) is 1. The zero-order valence-electron chi connectivity index (χ0n) is 11.4. The van der Waals surface area contributed by atoms with E-state index >= 15 is 0 Å². The van der Waals surface area contributed by atoms with Crippen molar-refractivity contribution in [3.63, 3.8) is 0 Å². The maximum Gasteiger partial charge on any atom is 0.224 e. The first-order valence-corrected chi connectivity index (χ1v) is 7.53. The third kappa shape index (κ3) is 3.95. The third-order valence-corrected chi connectivity index (χ3v) is 4.33. The summed E-state index contributed by atoms with van der Waals surface area (Å²) in [5.41, 5.74) is 6.10. The van der Waals surface area contributed by atoms with Crippen molar-refractivity contribution < 1.29 is 4.79 Å². The number of nitrogens with two attached hydrogens (primary N) is 1. The number of hydrogen-bond donors (Lipinski definition) is 2. The van der Waals surface area contributed by atoms with E-state index in [2.05, 4.69) is 10.2 Å². The van der Waals surface area contributed by atoms with Crippen LogP contribution in [0.1, 0.15) is 44.9 Å². The molecule has 1 saturated heterocycles. The van der Waals surface area contributed by atoms with Crippen molar-refractivity contribution in [1.82, 2.24) is 10.2 Å². The molecule has 1 amide bonds. The van der Waals surface area contributed by atoms with Crippen LogP contribution in [0.15, 0.2) is 0 Å². The van der Waals surface area contributed by atoms with E-state index in [4.69, 9.17) is 5.73 Å². The summed E-state index contributed by atoms with van der Waals surface area (Å²) in [5, 5.41) is 3.08. The maximum absolute atomic E-state index is 12.1. The number of amides is 1. The average Bonchev–Trinajstić information content (AvgIpc) is 2.77. The van der Waals surface area contributed by atoms with E-state index in [0.717, 1.165) is 32.4 Å². The SMILES string of the molecule is NC1CCCCCC1C(=O)NCCN1CCCC1. The van der Waals surface area contributed by atoms with Gasteiger partial charge in [-0.2, -0.15) is 0 Å². The zero-order valence-corrected chi connectivity index (χ0v) is 11.4.